The molecule has 1 atom stereocenters. The largest absolute Gasteiger partial charge is 0.377 e. The third-order valence-corrected chi connectivity index (χ3v) is 5.73. The SMILES string of the molecule is CCOCc1ccccc1CNC(=O)NCC1CCS(=O)(=O)C1. The van der Waals surface area contributed by atoms with E-state index in [2.05, 4.69) is 10.6 Å². The summed E-state index contributed by atoms with van der Waals surface area (Å²) < 4.78 is 28.2. The van der Waals surface area contributed by atoms with E-state index < -0.39 is 9.84 Å². The molecule has 0 aliphatic carbocycles. The molecule has 1 saturated heterocycles. The molecule has 1 unspecified atom stereocenters. The molecule has 1 aliphatic rings. The van der Waals surface area contributed by atoms with E-state index >= 15 is 0 Å². The van der Waals surface area contributed by atoms with Gasteiger partial charge in [-0.2, -0.15) is 0 Å². The second-order valence-corrected chi connectivity index (χ2v) is 7.97. The molecule has 2 N–H and O–H groups in total. The average molecular weight is 340 g/mol. The number of rotatable bonds is 7. The van der Waals surface area contributed by atoms with Crippen molar-refractivity contribution in [3.63, 3.8) is 0 Å². The molecular weight excluding hydrogens is 316 g/mol. The smallest absolute Gasteiger partial charge is 0.315 e. The van der Waals surface area contributed by atoms with Crippen molar-refractivity contribution in [3.8, 4) is 0 Å². The molecule has 0 radical (unpaired) electrons. The van der Waals surface area contributed by atoms with Crippen LogP contribution in [0.3, 0.4) is 0 Å². The van der Waals surface area contributed by atoms with Crippen LogP contribution in [0.15, 0.2) is 24.3 Å². The molecule has 1 aromatic rings. The van der Waals surface area contributed by atoms with Crippen molar-refractivity contribution in [2.45, 2.75) is 26.5 Å². The third kappa shape index (κ3) is 5.84. The van der Waals surface area contributed by atoms with Gasteiger partial charge in [-0.25, -0.2) is 13.2 Å². The molecule has 1 aliphatic heterocycles. The first-order valence-corrected chi connectivity index (χ1v) is 9.69. The maximum Gasteiger partial charge on any atom is 0.315 e. The summed E-state index contributed by atoms with van der Waals surface area (Å²) in [6, 6.07) is 7.53. The molecule has 1 aromatic carbocycles. The van der Waals surface area contributed by atoms with Crippen molar-refractivity contribution in [2.24, 2.45) is 5.92 Å². The molecule has 2 rings (SSSR count). The number of ether oxygens (including phenoxy) is 1. The number of benzene rings is 1. The molecule has 7 heteroatoms. The van der Waals surface area contributed by atoms with Gasteiger partial charge in [0.2, 0.25) is 0 Å². The Morgan fingerprint density at radius 2 is 2.00 bits per heavy atom. The minimum atomic E-state index is -2.90. The Balaban J connectivity index is 1.76. The van der Waals surface area contributed by atoms with E-state index in [1.54, 1.807) is 0 Å². The Morgan fingerprint density at radius 3 is 2.65 bits per heavy atom. The van der Waals surface area contributed by atoms with Crippen LogP contribution in [0.5, 0.6) is 0 Å². The van der Waals surface area contributed by atoms with Crippen molar-refractivity contribution >= 4 is 15.9 Å². The van der Waals surface area contributed by atoms with Gasteiger partial charge in [0, 0.05) is 19.7 Å². The van der Waals surface area contributed by atoms with Crippen molar-refractivity contribution in [1.29, 1.82) is 0 Å². The number of sulfone groups is 1. The van der Waals surface area contributed by atoms with Crippen LogP contribution >= 0.6 is 0 Å². The fraction of sp³-hybridized carbons (Fsp3) is 0.562. The molecule has 2 amide bonds. The lowest BCUT2D eigenvalue weighted by Crippen LogP contribution is -2.38. The topological polar surface area (TPSA) is 84.5 Å². The van der Waals surface area contributed by atoms with Gasteiger partial charge in [0.25, 0.3) is 0 Å². The van der Waals surface area contributed by atoms with Gasteiger partial charge in [-0.05, 0) is 30.4 Å². The Labute approximate surface area is 137 Å². The molecule has 1 heterocycles. The van der Waals surface area contributed by atoms with Crippen molar-refractivity contribution < 1.29 is 17.9 Å². The number of hydrogen-bond donors (Lipinski definition) is 2. The fourth-order valence-electron chi connectivity index (χ4n) is 2.59. The molecule has 1 fully saturated rings. The van der Waals surface area contributed by atoms with Crippen LogP contribution in [0, 0.1) is 5.92 Å². The molecule has 0 saturated carbocycles. The zero-order valence-corrected chi connectivity index (χ0v) is 14.2. The van der Waals surface area contributed by atoms with Gasteiger partial charge in [-0.3, -0.25) is 0 Å². The van der Waals surface area contributed by atoms with E-state index in [1.807, 2.05) is 31.2 Å². The highest BCUT2D eigenvalue weighted by molar-refractivity contribution is 7.91. The van der Waals surface area contributed by atoms with Crippen LogP contribution < -0.4 is 10.6 Å². The first-order chi connectivity index (χ1) is 11.0. The number of hydrogen-bond acceptors (Lipinski definition) is 4. The first-order valence-electron chi connectivity index (χ1n) is 7.87. The monoisotopic (exact) mass is 340 g/mol. The van der Waals surface area contributed by atoms with Gasteiger partial charge in [0.15, 0.2) is 9.84 Å². The predicted octanol–water partition coefficient (Wildman–Crippen LogP) is 1.46. The van der Waals surface area contributed by atoms with E-state index in [0.717, 1.165) is 11.1 Å². The number of carbonyl (C=O) groups excluding carboxylic acids is 1. The number of urea groups is 1. The summed E-state index contributed by atoms with van der Waals surface area (Å²) in [6.45, 7) is 3.92. The van der Waals surface area contributed by atoms with Crippen LogP contribution in [0.1, 0.15) is 24.5 Å². The van der Waals surface area contributed by atoms with Gasteiger partial charge < -0.3 is 15.4 Å². The van der Waals surface area contributed by atoms with Crippen molar-refractivity contribution in [3.05, 3.63) is 35.4 Å². The Kier molecular flexibility index (Phi) is 6.41. The molecule has 23 heavy (non-hydrogen) atoms. The van der Waals surface area contributed by atoms with Crippen LogP contribution in [-0.2, 0) is 27.7 Å². The molecular formula is C16H24N2O4S. The lowest BCUT2D eigenvalue weighted by atomic mass is 10.1. The van der Waals surface area contributed by atoms with Gasteiger partial charge >= 0.3 is 6.03 Å². The van der Waals surface area contributed by atoms with Crippen LogP contribution in [0.2, 0.25) is 0 Å². The highest BCUT2D eigenvalue weighted by Crippen LogP contribution is 2.17. The second-order valence-electron chi connectivity index (χ2n) is 5.74. The maximum atomic E-state index is 11.9. The molecule has 6 nitrogen and oxygen atoms in total. The normalized spacial score (nSPS) is 19.4. The molecule has 0 bridgehead atoms. The average Bonchev–Trinajstić information content (AvgIpc) is 2.89. The number of nitrogens with one attached hydrogen (secondary N) is 2. The summed E-state index contributed by atoms with van der Waals surface area (Å²) >= 11 is 0. The summed E-state index contributed by atoms with van der Waals surface area (Å²) in [4.78, 5) is 11.9. The minimum Gasteiger partial charge on any atom is -0.377 e. The van der Waals surface area contributed by atoms with Crippen molar-refractivity contribution in [2.75, 3.05) is 24.7 Å². The van der Waals surface area contributed by atoms with E-state index in [9.17, 15) is 13.2 Å². The summed E-state index contributed by atoms with van der Waals surface area (Å²) in [5, 5.41) is 5.55. The Bertz CT molecular complexity index is 631. The van der Waals surface area contributed by atoms with E-state index in [4.69, 9.17) is 4.74 Å². The Hall–Kier alpha value is -1.60. The zero-order chi connectivity index (χ0) is 16.7. The van der Waals surface area contributed by atoms with Crippen LogP contribution in [0.25, 0.3) is 0 Å². The van der Waals surface area contributed by atoms with E-state index in [1.165, 1.54) is 0 Å². The molecule has 0 aromatic heterocycles. The number of carbonyl (C=O) groups is 1. The summed E-state index contributed by atoms with van der Waals surface area (Å²) in [5.74, 6) is 0.423. The van der Waals surface area contributed by atoms with E-state index in [-0.39, 0.29) is 23.5 Å². The van der Waals surface area contributed by atoms with Gasteiger partial charge in [0.1, 0.15) is 0 Å². The van der Waals surface area contributed by atoms with Crippen LogP contribution in [-0.4, -0.2) is 39.1 Å². The highest BCUT2D eigenvalue weighted by atomic mass is 32.2. The lowest BCUT2D eigenvalue weighted by Gasteiger charge is -2.13. The van der Waals surface area contributed by atoms with Gasteiger partial charge in [-0.1, -0.05) is 24.3 Å². The Morgan fingerprint density at radius 1 is 1.26 bits per heavy atom. The fourth-order valence-corrected chi connectivity index (χ4v) is 4.45. The first kappa shape index (κ1) is 17.7. The molecule has 128 valence electrons. The number of amides is 2. The third-order valence-electron chi connectivity index (χ3n) is 3.90. The van der Waals surface area contributed by atoms with Crippen LogP contribution in [0.4, 0.5) is 4.79 Å². The van der Waals surface area contributed by atoms with Gasteiger partial charge in [0.05, 0.1) is 18.1 Å². The quantitative estimate of drug-likeness (QED) is 0.787. The van der Waals surface area contributed by atoms with Gasteiger partial charge in [-0.15, -0.1) is 0 Å². The van der Waals surface area contributed by atoms with E-state index in [0.29, 0.717) is 32.7 Å². The second kappa shape index (κ2) is 8.31. The zero-order valence-electron chi connectivity index (χ0n) is 13.4. The summed E-state index contributed by atoms with van der Waals surface area (Å²) in [7, 11) is -2.90. The van der Waals surface area contributed by atoms with Crippen molar-refractivity contribution in [1.82, 2.24) is 10.6 Å². The molecule has 0 spiro atoms. The summed E-state index contributed by atoms with van der Waals surface area (Å²) in [6.07, 6.45) is 0.625. The lowest BCUT2D eigenvalue weighted by molar-refractivity contribution is 0.133. The standard InChI is InChI=1S/C16H24N2O4S/c1-2-22-11-15-6-4-3-5-14(15)10-18-16(19)17-9-13-7-8-23(20,21)12-13/h3-6,13H,2,7-12H2,1H3,(H2,17,18,19). The maximum absolute atomic E-state index is 11.9. The minimum absolute atomic E-state index is 0.0241. The summed E-state index contributed by atoms with van der Waals surface area (Å²) in [5.41, 5.74) is 2.07. The highest BCUT2D eigenvalue weighted by Gasteiger charge is 2.27. The predicted molar refractivity (Wildman–Crippen MR) is 88.8 cm³/mol.